The molecule has 9 heteroatoms. The van der Waals surface area contributed by atoms with Crippen LogP contribution in [0, 0.1) is 0 Å². The van der Waals surface area contributed by atoms with Crippen molar-refractivity contribution in [2.75, 3.05) is 47.5 Å². The first kappa shape index (κ1) is 65.0. The number of carboxylic acid groups (broad SMARTS) is 1. The number of esters is 2. The molecule has 0 amide bonds. The zero-order chi connectivity index (χ0) is 49.9. The van der Waals surface area contributed by atoms with Gasteiger partial charge in [-0.2, -0.15) is 0 Å². The molecule has 394 valence electrons. The van der Waals surface area contributed by atoms with Crippen molar-refractivity contribution < 1.29 is 42.9 Å². The van der Waals surface area contributed by atoms with Crippen molar-refractivity contribution in [2.45, 2.75) is 251 Å². The summed E-state index contributed by atoms with van der Waals surface area (Å²) in [6.45, 7) is 4.61. The maximum atomic E-state index is 12.8. The second kappa shape index (κ2) is 50.4. The van der Waals surface area contributed by atoms with E-state index in [1.54, 1.807) is 0 Å². The molecule has 2 unspecified atom stereocenters. The van der Waals surface area contributed by atoms with Gasteiger partial charge < -0.3 is 33.3 Å². The largest absolute Gasteiger partial charge is 0.545 e. The van der Waals surface area contributed by atoms with Gasteiger partial charge in [0.15, 0.2) is 12.4 Å². The average Bonchev–Trinajstić information content (AvgIpc) is 3.30. The number of carboxylic acids is 1. The molecule has 0 fully saturated rings. The summed E-state index contributed by atoms with van der Waals surface area (Å²) in [4.78, 5) is 37.1. The lowest BCUT2D eigenvalue weighted by atomic mass is 10.0. The second-order valence-electron chi connectivity index (χ2n) is 19.8. The predicted molar refractivity (Wildman–Crippen MR) is 283 cm³/mol. The maximum absolute atomic E-state index is 12.8. The lowest BCUT2D eigenvalue weighted by Crippen LogP contribution is -2.44. The van der Waals surface area contributed by atoms with Crippen molar-refractivity contribution in [3.05, 3.63) is 60.8 Å². The molecule has 0 saturated heterocycles. The molecule has 0 radical (unpaired) electrons. The molecule has 0 aromatic rings. The highest BCUT2D eigenvalue weighted by atomic mass is 16.7. The molecule has 0 N–H and O–H groups in total. The molecule has 0 rings (SSSR count). The summed E-state index contributed by atoms with van der Waals surface area (Å²) in [5, 5.41) is 11.7. The number of carbonyl (C=O) groups is 3. The van der Waals surface area contributed by atoms with E-state index in [2.05, 4.69) is 74.6 Å². The first-order valence-corrected chi connectivity index (χ1v) is 27.9. The van der Waals surface area contributed by atoms with Gasteiger partial charge in [-0.3, -0.25) is 9.59 Å². The van der Waals surface area contributed by atoms with Crippen LogP contribution < -0.4 is 5.11 Å². The van der Waals surface area contributed by atoms with Crippen LogP contribution in [0.25, 0.3) is 0 Å². The number of allylic oxidation sites excluding steroid dienone is 10. The molecule has 2 atom stereocenters. The van der Waals surface area contributed by atoms with E-state index in [4.69, 9.17) is 18.9 Å². The van der Waals surface area contributed by atoms with Gasteiger partial charge in [-0.15, -0.1) is 0 Å². The SMILES string of the molecule is CC/C=C\C/C=C\C/C=C\C/C=C\CCCCCCCCCCCCCCCCCCCCC(=O)OC(COC(=O)CCCCCCC/C=C\CCCCC)COC(OCC[N+](C)(C)C)C(=O)[O-]. The van der Waals surface area contributed by atoms with Crippen molar-refractivity contribution in [3.8, 4) is 0 Å². The Morgan fingerprint density at radius 3 is 1.26 bits per heavy atom. The van der Waals surface area contributed by atoms with E-state index in [9.17, 15) is 19.5 Å². The number of carbonyl (C=O) groups excluding carboxylic acids is 3. The summed E-state index contributed by atoms with van der Waals surface area (Å²) < 4.78 is 22.6. The minimum Gasteiger partial charge on any atom is -0.545 e. The van der Waals surface area contributed by atoms with Gasteiger partial charge in [-0.1, -0.05) is 209 Å². The fourth-order valence-corrected chi connectivity index (χ4v) is 7.70. The van der Waals surface area contributed by atoms with Crippen LogP contribution in [0.15, 0.2) is 60.8 Å². The fraction of sp³-hybridized carbons (Fsp3) is 0.780. The number of unbranched alkanes of at least 4 members (excludes halogenated alkanes) is 26. The zero-order valence-electron chi connectivity index (χ0n) is 44.7. The van der Waals surface area contributed by atoms with E-state index >= 15 is 0 Å². The minimum atomic E-state index is -1.62. The maximum Gasteiger partial charge on any atom is 0.306 e. The van der Waals surface area contributed by atoms with E-state index < -0.39 is 24.3 Å². The van der Waals surface area contributed by atoms with Crippen LogP contribution >= 0.6 is 0 Å². The normalized spacial score (nSPS) is 13.2. The predicted octanol–water partition coefficient (Wildman–Crippen LogP) is 14.7. The van der Waals surface area contributed by atoms with Gasteiger partial charge in [-0.25, -0.2) is 0 Å². The van der Waals surface area contributed by atoms with Crippen LogP contribution in [-0.2, 0) is 33.3 Å². The number of aliphatic carboxylic acids is 1. The van der Waals surface area contributed by atoms with Gasteiger partial charge in [0.1, 0.15) is 13.2 Å². The van der Waals surface area contributed by atoms with Gasteiger partial charge in [0.2, 0.25) is 0 Å². The third-order valence-corrected chi connectivity index (χ3v) is 12.0. The molecule has 0 aliphatic carbocycles. The van der Waals surface area contributed by atoms with Crippen LogP contribution in [-0.4, -0.2) is 82.3 Å². The van der Waals surface area contributed by atoms with Gasteiger partial charge in [0.05, 0.1) is 40.3 Å². The minimum absolute atomic E-state index is 0.146. The fourth-order valence-electron chi connectivity index (χ4n) is 7.70. The van der Waals surface area contributed by atoms with Crippen molar-refractivity contribution in [1.82, 2.24) is 0 Å². The smallest absolute Gasteiger partial charge is 0.306 e. The molecule has 0 spiro atoms. The van der Waals surface area contributed by atoms with E-state index in [1.165, 1.54) is 128 Å². The summed E-state index contributed by atoms with van der Waals surface area (Å²) in [7, 11) is 5.91. The van der Waals surface area contributed by atoms with Crippen LogP contribution in [0.3, 0.4) is 0 Å². The van der Waals surface area contributed by atoms with Crippen LogP contribution in [0.4, 0.5) is 0 Å². The van der Waals surface area contributed by atoms with Crippen molar-refractivity contribution in [3.63, 3.8) is 0 Å². The van der Waals surface area contributed by atoms with E-state index in [-0.39, 0.29) is 38.6 Å². The van der Waals surface area contributed by atoms with E-state index in [0.29, 0.717) is 17.4 Å². The van der Waals surface area contributed by atoms with E-state index in [1.807, 2.05) is 21.1 Å². The molecule has 9 nitrogen and oxygen atoms in total. The number of rotatable bonds is 51. The topological polar surface area (TPSA) is 111 Å². The van der Waals surface area contributed by atoms with Crippen LogP contribution in [0.2, 0.25) is 0 Å². The highest BCUT2D eigenvalue weighted by Gasteiger charge is 2.22. The number of hydrogen-bond acceptors (Lipinski definition) is 8. The Morgan fingerprint density at radius 1 is 0.456 bits per heavy atom. The molecule has 0 aromatic heterocycles. The zero-order valence-corrected chi connectivity index (χ0v) is 44.7. The number of likely N-dealkylation sites (N-methyl/N-ethyl adjacent to an activating group) is 1. The molecule has 0 heterocycles. The molecule has 0 aromatic carbocycles. The molecular weight excluding hydrogens is 851 g/mol. The first-order chi connectivity index (χ1) is 33.1. The Labute approximate surface area is 418 Å². The van der Waals surface area contributed by atoms with Gasteiger partial charge in [-0.05, 0) is 77.0 Å². The van der Waals surface area contributed by atoms with Gasteiger partial charge in [0.25, 0.3) is 0 Å². The molecule has 0 aliphatic rings. The Bertz CT molecular complexity index is 1300. The molecular formula is C59H105NO8. The third kappa shape index (κ3) is 50.9. The molecule has 0 saturated carbocycles. The van der Waals surface area contributed by atoms with Gasteiger partial charge in [0, 0.05) is 12.8 Å². The monoisotopic (exact) mass is 956 g/mol. The summed E-state index contributed by atoms with van der Waals surface area (Å²) >= 11 is 0. The lowest BCUT2D eigenvalue weighted by Gasteiger charge is -2.26. The highest BCUT2D eigenvalue weighted by Crippen LogP contribution is 2.16. The molecule has 0 bridgehead atoms. The van der Waals surface area contributed by atoms with Crippen molar-refractivity contribution in [2.24, 2.45) is 0 Å². The number of hydrogen-bond donors (Lipinski definition) is 0. The van der Waals surface area contributed by atoms with E-state index in [0.717, 1.165) is 77.0 Å². The standard InChI is InChI=1S/C59H105NO8/c1-6-8-10-12-14-16-18-20-21-22-23-24-25-26-27-28-29-30-31-32-33-34-35-36-37-38-40-42-44-46-48-50-57(62)68-55(54-67-59(58(63)64)65-52-51-60(3,4)5)53-66-56(61)49-47-45-43-41-39-19-17-15-13-11-9-7-2/h8,10,14-17,20-21,23-24,55,59H,6-7,9,11-13,18-19,22,25-54H2,1-5H3/b10-8-,16-14-,17-15-,21-20-,24-23-. The first-order valence-electron chi connectivity index (χ1n) is 27.9. The Kier molecular flexibility index (Phi) is 48.2. The number of quaternary nitrogens is 1. The second-order valence-corrected chi connectivity index (χ2v) is 19.8. The Morgan fingerprint density at radius 2 is 0.838 bits per heavy atom. The summed E-state index contributed by atoms with van der Waals surface area (Å²) in [5.74, 6) is -2.29. The molecule has 0 aliphatic heterocycles. The van der Waals surface area contributed by atoms with Gasteiger partial charge >= 0.3 is 11.9 Å². The quantitative estimate of drug-likeness (QED) is 0.0195. The summed E-state index contributed by atoms with van der Waals surface area (Å²) in [6, 6.07) is 0. The van der Waals surface area contributed by atoms with Crippen molar-refractivity contribution in [1.29, 1.82) is 0 Å². The van der Waals surface area contributed by atoms with Crippen LogP contribution in [0.5, 0.6) is 0 Å². The van der Waals surface area contributed by atoms with Crippen LogP contribution in [0.1, 0.15) is 239 Å². The molecule has 68 heavy (non-hydrogen) atoms. The van der Waals surface area contributed by atoms with Crippen molar-refractivity contribution >= 4 is 17.9 Å². The third-order valence-electron chi connectivity index (χ3n) is 12.0. The highest BCUT2D eigenvalue weighted by molar-refractivity contribution is 5.70. The lowest BCUT2D eigenvalue weighted by molar-refractivity contribution is -0.870. The average molecular weight is 956 g/mol. The summed E-state index contributed by atoms with van der Waals surface area (Å²) in [5.41, 5.74) is 0. The Balaban J connectivity index is 4.11. The summed E-state index contributed by atoms with van der Waals surface area (Å²) in [6.07, 6.45) is 59.9. The Hall–Kier alpha value is -3.01. The number of nitrogens with zero attached hydrogens (tertiary/aromatic N) is 1. The number of ether oxygens (including phenoxy) is 4.